The van der Waals surface area contributed by atoms with E-state index in [0.29, 0.717) is 16.0 Å². The summed E-state index contributed by atoms with van der Waals surface area (Å²) in [6, 6.07) is 17.5. The van der Waals surface area contributed by atoms with Crippen LogP contribution in [0, 0.1) is 0 Å². The molecule has 2 aromatic carbocycles. The lowest BCUT2D eigenvalue weighted by molar-refractivity contribution is 0.666. The molecule has 1 atom stereocenters. The number of hydrogen-bond donors (Lipinski definition) is 0. The number of thioether (sulfide) groups is 1. The average molecular weight is 394 g/mol. The van der Waals surface area contributed by atoms with Crippen LogP contribution in [-0.2, 0) is 0 Å². The molecule has 1 aliphatic rings. The molecule has 132 valence electrons. The van der Waals surface area contributed by atoms with Crippen LogP contribution >= 0.6 is 23.4 Å². The Morgan fingerprint density at radius 2 is 1.74 bits per heavy atom. The molecule has 3 heterocycles. The van der Waals surface area contributed by atoms with E-state index in [9.17, 15) is 0 Å². The molecule has 27 heavy (non-hydrogen) atoms. The summed E-state index contributed by atoms with van der Waals surface area (Å²) in [6.07, 6.45) is 3.18. The molecule has 2 aromatic heterocycles. The van der Waals surface area contributed by atoms with Crippen molar-refractivity contribution in [2.45, 2.75) is 10.5 Å². The third-order valence-electron chi connectivity index (χ3n) is 4.12. The van der Waals surface area contributed by atoms with E-state index in [1.807, 2.05) is 54.6 Å². The number of hydrogen-bond acceptors (Lipinski definition) is 6. The third-order valence-corrected chi connectivity index (χ3v) is 5.50. The first-order chi connectivity index (χ1) is 13.3. The van der Waals surface area contributed by atoms with Crippen LogP contribution in [-0.4, -0.2) is 35.3 Å². The highest BCUT2D eigenvalue weighted by molar-refractivity contribution is 8.00. The standard InChI is InChI=1S/C18H12ClN7S/c19-14-8-6-12(7-9-14)15-17(25-11-20-10-21-25)27-18-23-22-16(26(18)24-15)13-4-2-1-3-5-13/h1-11,17H. The second kappa shape index (κ2) is 6.64. The molecule has 4 aromatic rings. The van der Waals surface area contributed by atoms with Gasteiger partial charge in [-0.3, -0.25) is 0 Å². The predicted octanol–water partition coefficient (Wildman–Crippen LogP) is 3.75. The molecule has 0 N–H and O–H groups in total. The molecule has 0 saturated carbocycles. The number of benzene rings is 2. The molecule has 1 aliphatic heterocycles. The first-order valence-corrected chi connectivity index (χ1v) is 9.42. The van der Waals surface area contributed by atoms with E-state index in [1.54, 1.807) is 15.7 Å². The van der Waals surface area contributed by atoms with E-state index < -0.39 is 0 Å². The van der Waals surface area contributed by atoms with Gasteiger partial charge in [0, 0.05) is 16.1 Å². The monoisotopic (exact) mass is 393 g/mol. The van der Waals surface area contributed by atoms with Crippen LogP contribution in [0.25, 0.3) is 11.4 Å². The van der Waals surface area contributed by atoms with Gasteiger partial charge in [0.15, 0.2) is 11.2 Å². The fraction of sp³-hybridized carbons (Fsp3) is 0.0556. The molecule has 0 aliphatic carbocycles. The van der Waals surface area contributed by atoms with Gasteiger partial charge in [-0.15, -0.1) is 10.2 Å². The van der Waals surface area contributed by atoms with Gasteiger partial charge in [0.2, 0.25) is 5.16 Å². The van der Waals surface area contributed by atoms with Crippen LogP contribution in [0.5, 0.6) is 0 Å². The van der Waals surface area contributed by atoms with E-state index in [4.69, 9.17) is 16.7 Å². The number of rotatable bonds is 3. The van der Waals surface area contributed by atoms with Gasteiger partial charge in [0.25, 0.3) is 0 Å². The fourth-order valence-electron chi connectivity index (χ4n) is 2.85. The maximum absolute atomic E-state index is 6.06. The lowest BCUT2D eigenvalue weighted by Gasteiger charge is -2.23. The van der Waals surface area contributed by atoms with E-state index in [1.165, 1.54) is 18.1 Å². The van der Waals surface area contributed by atoms with Gasteiger partial charge in [0.05, 0.1) is 0 Å². The fourth-order valence-corrected chi connectivity index (χ4v) is 4.00. The Labute approximate surface area is 163 Å². The molecule has 0 radical (unpaired) electrons. The quantitative estimate of drug-likeness (QED) is 0.530. The SMILES string of the molecule is Clc1ccc(C2=Nn3c(nnc3-c3ccccc3)SC2n2cncn2)cc1. The number of halogens is 1. The van der Waals surface area contributed by atoms with Gasteiger partial charge in [-0.2, -0.15) is 14.9 Å². The molecule has 0 bridgehead atoms. The molecule has 0 saturated heterocycles. The lowest BCUT2D eigenvalue weighted by Crippen LogP contribution is -2.23. The summed E-state index contributed by atoms with van der Waals surface area (Å²) in [5.41, 5.74) is 2.73. The molecular formula is C18H12ClN7S. The minimum atomic E-state index is -0.200. The Bertz CT molecular complexity index is 1100. The second-order valence-corrected chi connectivity index (χ2v) is 7.31. The molecule has 0 spiro atoms. The second-order valence-electron chi connectivity index (χ2n) is 5.82. The first-order valence-electron chi connectivity index (χ1n) is 8.16. The van der Waals surface area contributed by atoms with E-state index in [2.05, 4.69) is 20.3 Å². The third kappa shape index (κ3) is 2.92. The predicted molar refractivity (Wildman–Crippen MR) is 104 cm³/mol. The zero-order valence-corrected chi connectivity index (χ0v) is 15.4. The van der Waals surface area contributed by atoms with Crippen LogP contribution in [0.2, 0.25) is 5.02 Å². The van der Waals surface area contributed by atoms with Crippen molar-refractivity contribution in [3.63, 3.8) is 0 Å². The Balaban J connectivity index is 1.67. The lowest BCUT2D eigenvalue weighted by atomic mass is 10.1. The van der Waals surface area contributed by atoms with Crippen molar-refractivity contribution < 1.29 is 0 Å². The highest BCUT2D eigenvalue weighted by Gasteiger charge is 2.31. The van der Waals surface area contributed by atoms with Gasteiger partial charge >= 0.3 is 0 Å². The number of aromatic nitrogens is 6. The van der Waals surface area contributed by atoms with Crippen LogP contribution in [0.1, 0.15) is 10.9 Å². The average Bonchev–Trinajstić information content (AvgIpc) is 3.38. The maximum atomic E-state index is 6.06. The summed E-state index contributed by atoms with van der Waals surface area (Å²) in [4.78, 5) is 4.07. The topological polar surface area (TPSA) is 73.8 Å². The highest BCUT2D eigenvalue weighted by Crippen LogP contribution is 2.38. The number of fused-ring (bicyclic) bond motifs is 1. The van der Waals surface area contributed by atoms with Crippen molar-refractivity contribution in [3.8, 4) is 11.4 Å². The van der Waals surface area contributed by atoms with E-state index in [0.717, 1.165) is 16.8 Å². The normalized spacial score (nSPS) is 16.0. The summed E-state index contributed by atoms with van der Waals surface area (Å²) in [7, 11) is 0. The molecule has 0 fully saturated rings. The summed E-state index contributed by atoms with van der Waals surface area (Å²) in [5, 5.41) is 19.0. The highest BCUT2D eigenvalue weighted by atomic mass is 35.5. The number of nitrogens with zero attached hydrogens (tertiary/aromatic N) is 7. The molecule has 0 amide bonds. The van der Waals surface area contributed by atoms with Crippen molar-refractivity contribution in [2.75, 3.05) is 0 Å². The van der Waals surface area contributed by atoms with Crippen molar-refractivity contribution in [1.29, 1.82) is 0 Å². The van der Waals surface area contributed by atoms with Crippen molar-refractivity contribution in [1.82, 2.24) is 29.6 Å². The van der Waals surface area contributed by atoms with Crippen LogP contribution < -0.4 is 0 Å². The first kappa shape index (κ1) is 16.2. The Morgan fingerprint density at radius 1 is 0.926 bits per heavy atom. The van der Waals surface area contributed by atoms with E-state index in [-0.39, 0.29) is 5.37 Å². The zero-order valence-electron chi connectivity index (χ0n) is 13.8. The summed E-state index contributed by atoms with van der Waals surface area (Å²) in [5.74, 6) is 0.696. The maximum Gasteiger partial charge on any atom is 0.214 e. The molecule has 5 rings (SSSR count). The van der Waals surface area contributed by atoms with Crippen molar-refractivity contribution >= 4 is 29.1 Å². The summed E-state index contributed by atoms with van der Waals surface area (Å²) < 4.78 is 3.54. The van der Waals surface area contributed by atoms with E-state index >= 15 is 0 Å². The van der Waals surface area contributed by atoms with Gasteiger partial charge in [-0.1, -0.05) is 65.8 Å². The van der Waals surface area contributed by atoms with Gasteiger partial charge < -0.3 is 0 Å². The van der Waals surface area contributed by atoms with Gasteiger partial charge in [-0.25, -0.2) is 9.67 Å². The molecule has 1 unspecified atom stereocenters. The Kier molecular flexibility index (Phi) is 3.99. The van der Waals surface area contributed by atoms with Crippen molar-refractivity contribution in [3.05, 3.63) is 77.8 Å². The summed E-state index contributed by atoms with van der Waals surface area (Å²) in [6.45, 7) is 0. The van der Waals surface area contributed by atoms with Crippen LogP contribution in [0.3, 0.4) is 0 Å². The minimum absolute atomic E-state index is 0.200. The van der Waals surface area contributed by atoms with Crippen molar-refractivity contribution in [2.24, 2.45) is 5.10 Å². The molecule has 9 heteroatoms. The summed E-state index contributed by atoms with van der Waals surface area (Å²) >= 11 is 7.58. The largest absolute Gasteiger partial charge is 0.233 e. The molecule has 7 nitrogen and oxygen atoms in total. The van der Waals surface area contributed by atoms with Gasteiger partial charge in [0.1, 0.15) is 18.4 Å². The smallest absolute Gasteiger partial charge is 0.214 e. The van der Waals surface area contributed by atoms with Crippen LogP contribution in [0.4, 0.5) is 0 Å². The Morgan fingerprint density at radius 3 is 2.48 bits per heavy atom. The zero-order chi connectivity index (χ0) is 18.2. The minimum Gasteiger partial charge on any atom is -0.233 e. The Hall–Kier alpha value is -2.97. The van der Waals surface area contributed by atoms with Crippen LogP contribution in [0.15, 0.2) is 77.5 Å². The molecular weight excluding hydrogens is 382 g/mol. The van der Waals surface area contributed by atoms with Gasteiger partial charge in [-0.05, 0) is 12.1 Å².